The SMILES string of the molecule is NC(=O)Cc1ccc(OCC(O)CNCNc2ccc(C3=NNC(=O)CC3)cc2)cc1. The summed E-state index contributed by atoms with van der Waals surface area (Å²) in [5.74, 6) is 0.180. The second-order valence-electron chi connectivity index (χ2n) is 7.23. The first-order valence-corrected chi connectivity index (χ1v) is 10.1. The third-order valence-corrected chi connectivity index (χ3v) is 4.66. The van der Waals surface area contributed by atoms with Crippen molar-refractivity contribution in [1.82, 2.24) is 10.7 Å². The van der Waals surface area contributed by atoms with Crippen LogP contribution in [0.25, 0.3) is 0 Å². The molecule has 1 atom stereocenters. The predicted octanol–water partition coefficient (Wildman–Crippen LogP) is 0.727. The van der Waals surface area contributed by atoms with Crippen LogP contribution in [-0.4, -0.2) is 48.6 Å². The van der Waals surface area contributed by atoms with E-state index in [0.29, 0.717) is 31.8 Å². The molecule has 0 saturated heterocycles. The van der Waals surface area contributed by atoms with Crippen LogP contribution in [-0.2, 0) is 16.0 Å². The number of primary amides is 1. The second-order valence-corrected chi connectivity index (χ2v) is 7.23. The summed E-state index contributed by atoms with van der Waals surface area (Å²) >= 11 is 0. The lowest BCUT2D eigenvalue weighted by atomic mass is 10.0. The van der Waals surface area contributed by atoms with Crippen molar-refractivity contribution in [2.45, 2.75) is 25.4 Å². The van der Waals surface area contributed by atoms with Crippen LogP contribution >= 0.6 is 0 Å². The van der Waals surface area contributed by atoms with E-state index in [4.69, 9.17) is 10.5 Å². The van der Waals surface area contributed by atoms with Gasteiger partial charge >= 0.3 is 0 Å². The van der Waals surface area contributed by atoms with Crippen molar-refractivity contribution < 1.29 is 19.4 Å². The number of amides is 2. The quantitative estimate of drug-likeness (QED) is 0.266. The Morgan fingerprint density at radius 3 is 2.55 bits per heavy atom. The topological polar surface area (TPSA) is 138 Å². The zero-order chi connectivity index (χ0) is 22.1. The summed E-state index contributed by atoms with van der Waals surface area (Å²) in [5, 5.41) is 20.5. The van der Waals surface area contributed by atoms with Gasteiger partial charge in [0, 0.05) is 25.1 Å². The van der Waals surface area contributed by atoms with Gasteiger partial charge < -0.3 is 20.9 Å². The van der Waals surface area contributed by atoms with E-state index in [0.717, 1.165) is 22.5 Å². The van der Waals surface area contributed by atoms with E-state index in [1.807, 2.05) is 24.3 Å². The van der Waals surface area contributed by atoms with E-state index in [1.54, 1.807) is 24.3 Å². The second kappa shape index (κ2) is 11.1. The molecule has 0 spiro atoms. The molecule has 0 radical (unpaired) electrons. The van der Waals surface area contributed by atoms with Gasteiger partial charge in [-0.3, -0.25) is 14.9 Å². The molecule has 6 N–H and O–H groups in total. The fourth-order valence-electron chi connectivity index (χ4n) is 3.02. The number of nitrogens with one attached hydrogen (secondary N) is 3. The first kappa shape index (κ1) is 22.3. The van der Waals surface area contributed by atoms with Crippen molar-refractivity contribution in [3.63, 3.8) is 0 Å². The van der Waals surface area contributed by atoms with Crippen LogP contribution in [0.5, 0.6) is 5.75 Å². The van der Waals surface area contributed by atoms with E-state index in [1.165, 1.54) is 0 Å². The largest absolute Gasteiger partial charge is 0.491 e. The highest BCUT2D eigenvalue weighted by Gasteiger charge is 2.13. The molecule has 0 aromatic heterocycles. The van der Waals surface area contributed by atoms with E-state index < -0.39 is 6.10 Å². The first-order valence-electron chi connectivity index (χ1n) is 10.1. The Morgan fingerprint density at radius 1 is 1.16 bits per heavy atom. The molecule has 1 unspecified atom stereocenters. The molecule has 2 amide bonds. The van der Waals surface area contributed by atoms with Crippen molar-refractivity contribution in [2.75, 3.05) is 25.1 Å². The number of carbonyl (C=O) groups excluding carboxylic acids is 2. The highest BCUT2D eigenvalue weighted by atomic mass is 16.5. The van der Waals surface area contributed by atoms with Gasteiger partial charge in [0.25, 0.3) is 0 Å². The number of anilines is 1. The maximum atomic E-state index is 11.2. The smallest absolute Gasteiger partial charge is 0.240 e. The number of aliphatic hydroxyl groups is 1. The zero-order valence-electron chi connectivity index (χ0n) is 17.1. The summed E-state index contributed by atoms with van der Waals surface area (Å²) in [5.41, 5.74) is 11.3. The molecule has 1 aliphatic heterocycles. The number of ether oxygens (including phenoxy) is 1. The van der Waals surface area contributed by atoms with Gasteiger partial charge in [-0.1, -0.05) is 24.3 Å². The fraction of sp³-hybridized carbons (Fsp3) is 0.318. The minimum absolute atomic E-state index is 0.0567. The van der Waals surface area contributed by atoms with Crippen LogP contribution in [0.15, 0.2) is 53.6 Å². The summed E-state index contributed by atoms with van der Waals surface area (Å²) in [6, 6.07) is 14.8. The molecule has 1 heterocycles. The van der Waals surface area contributed by atoms with Crippen molar-refractivity contribution in [3.05, 3.63) is 59.7 Å². The molecule has 3 rings (SSSR count). The van der Waals surface area contributed by atoms with Crippen molar-refractivity contribution in [2.24, 2.45) is 10.8 Å². The summed E-state index contributed by atoms with van der Waals surface area (Å²) in [6.45, 7) is 0.992. The standard InChI is InChI=1S/C22H27N5O4/c23-21(29)11-15-1-7-19(8-2-15)31-13-18(28)12-24-14-25-17-5-3-16(4-6-17)20-9-10-22(30)27-26-20/h1-8,18,24-25,28H,9-14H2,(H2,23,29)(H,27,30). The molecule has 0 aliphatic carbocycles. The molecule has 164 valence electrons. The van der Waals surface area contributed by atoms with Gasteiger partial charge in [0.05, 0.1) is 18.8 Å². The van der Waals surface area contributed by atoms with E-state index in [9.17, 15) is 14.7 Å². The Morgan fingerprint density at radius 2 is 1.90 bits per heavy atom. The summed E-state index contributed by atoms with van der Waals surface area (Å²) in [6.07, 6.45) is 0.608. The highest BCUT2D eigenvalue weighted by Crippen LogP contribution is 2.14. The molecule has 0 fully saturated rings. The summed E-state index contributed by atoms with van der Waals surface area (Å²) in [4.78, 5) is 22.1. The van der Waals surface area contributed by atoms with Gasteiger partial charge in [0.1, 0.15) is 18.5 Å². The first-order chi connectivity index (χ1) is 15.0. The van der Waals surface area contributed by atoms with Crippen LogP contribution < -0.4 is 26.5 Å². The Hall–Kier alpha value is -3.43. The zero-order valence-corrected chi connectivity index (χ0v) is 17.1. The third-order valence-electron chi connectivity index (χ3n) is 4.66. The summed E-state index contributed by atoms with van der Waals surface area (Å²) < 4.78 is 5.56. The maximum absolute atomic E-state index is 11.2. The fourth-order valence-corrected chi connectivity index (χ4v) is 3.02. The molecule has 9 heteroatoms. The summed E-state index contributed by atoms with van der Waals surface area (Å²) in [7, 11) is 0. The average Bonchev–Trinajstić information content (AvgIpc) is 2.77. The van der Waals surface area contributed by atoms with Crippen LogP contribution in [0.2, 0.25) is 0 Å². The van der Waals surface area contributed by atoms with Gasteiger partial charge in [0.2, 0.25) is 11.8 Å². The number of benzene rings is 2. The molecular weight excluding hydrogens is 398 g/mol. The van der Waals surface area contributed by atoms with E-state index in [2.05, 4.69) is 21.2 Å². The van der Waals surface area contributed by atoms with Gasteiger partial charge in [-0.25, -0.2) is 5.43 Å². The number of hydrogen-bond donors (Lipinski definition) is 5. The minimum Gasteiger partial charge on any atom is -0.491 e. The number of hydrogen-bond acceptors (Lipinski definition) is 7. The maximum Gasteiger partial charge on any atom is 0.240 e. The molecule has 31 heavy (non-hydrogen) atoms. The monoisotopic (exact) mass is 425 g/mol. The molecular formula is C22H27N5O4. The normalized spacial score (nSPS) is 14.4. The molecule has 2 aromatic carbocycles. The average molecular weight is 425 g/mol. The lowest BCUT2D eigenvalue weighted by Gasteiger charge is -2.15. The number of hydrazone groups is 1. The van der Waals surface area contributed by atoms with Crippen LogP contribution in [0.3, 0.4) is 0 Å². The number of aliphatic hydroxyl groups excluding tert-OH is 1. The van der Waals surface area contributed by atoms with E-state index in [-0.39, 0.29) is 24.8 Å². The molecule has 0 bridgehead atoms. The molecule has 2 aromatic rings. The Bertz CT molecular complexity index is 913. The van der Waals surface area contributed by atoms with Gasteiger partial charge in [-0.2, -0.15) is 5.10 Å². The lowest BCUT2D eigenvalue weighted by Crippen LogP contribution is -2.34. The molecule has 9 nitrogen and oxygen atoms in total. The molecule has 1 aliphatic rings. The Kier molecular flexibility index (Phi) is 7.97. The molecule has 0 saturated carbocycles. The Labute approximate surface area is 180 Å². The number of nitrogens with zero attached hydrogens (tertiary/aromatic N) is 1. The number of carbonyl (C=O) groups is 2. The van der Waals surface area contributed by atoms with E-state index >= 15 is 0 Å². The van der Waals surface area contributed by atoms with Crippen LogP contribution in [0.1, 0.15) is 24.0 Å². The minimum atomic E-state index is -0.672. The Balaban J connectivity index is 1.33. The predicted molar refractivity (Wildman–Crippen MR) is 118 cm³/mol. The van der Waals surface area contributed by atoms with Crippen molar-refractivity contribution in [1.29, 1.82) is 0 Å². The van der Waals surface area contributed by atoms with Gasteiger partial charge in [-0.15, -0.1) is 0 Å². The number of rotatable bonds is 11. The van der Waals surface area contributed by atoms with Gasteiger partial charge in [-0.05, 0) is 35.4 Å². The van der Waals surface area contributed by atoms with Crippen LogP contribution in [0.4, 0.5) is 5.69 Å². The highest BCUT2D eigenvalue weighted by molar-refractivity contribution is 6.04. The van der Waals surface area contributed by atoms with Crippen molar-refractivity contribution in [3.8, 4) is 5.75 Å². The third kappa shape index (κ3) is 7.40. The number of nitrogens with two attached hydrogens (primary N) is 1. The van der Waals surface area contributed by atoms with Crippen LogP contribution in [0, 0.1) is 0 Å². The van der Waals surface area contributed by atoms with Gasteiger partial charge in [0.15, 0.2) is 0 Å². The lowest BCUT2D eigenvalue weighted by molar-refractivity contribution is -0.121. The van der Waals surface area contributed by atoms with Crippen molar-refractivity contribution >= 4 is 23.2 Å².